The first-order chi connectivity index (χ1) is 8.09. The van der Waals surface area contributed by atoms with Crippen LogP contribution in [0.2, 0.25) is 0 Å². The molecule has 2 aliphatic heterocycles. The lowest BCUT2D eigenvalue weighted by Crippen LogP contribution is -2.59. The Morgan fingerprint density at radius 1 is 1.41 bits per heavy atom. The average molecular weight is 296 g/mol. The van der Waals surface area contributed by atoms with Gasteiger partial charge < -0.3 is 4.74 Å². The lowest BCUT2D eigenvalue weighted by atomic mass is 9.85. The second-order valence-electron chi connectivity index (χ2n) is 5.65. The van der Waals surface area contributed by atoms with Crippen molar-refractivity contribution >= 4 is 15.9 Å². The number of benzene rings is 1. The van der Waals surface area contributed by atoms with Gasteiger partial charge in [0, 0.05) is 24.1 Å². The fourth-order valence-electron chi connectivity index (χ4n) is 3.00. The van der Waals surface area contributed by atoms with Gasteiger partial charge in [0.1, 0.15) is 5.60 Å². The minimum absolute atomic E-state index is 0.00488. The van der Waals surface area contributed by atoms with Crippen molar-refractivity contribution < 1.29 is 4.74 Å². The Morgan fingerprint density at radius 3 is 2.88 bits per heavy atom. The Balaban J connectivity index is 1.77. The van der Waals surface area contributed by atoms with E-state index in [9.17, 15) is 0 Å². The maximum absolute atomic E-state index is 6.05. The van der Waals surface area contributed by atoms with Gasteiger partial charge in [-0.15, -0.1) is 0 Å². The summed E-state index contributed by atoms with van der Waals surface area (Å²) < 4.78 is 7.20. The van der Waals surface area contributed by atoms with Crippen LogP contribution in [0.4, 0.5) is 0 Å². The molecule has 1 aromatic carbocycles. The molecule has 2 aliphatic rings. The molecular formula is C14H18BrNO. The highest BCUT2D eigenvalue weighted by molar-refractivity contribution is 9.10. The summed E-state index contributed by atoms with van der Waals surface area (Å²) >= 11 is 3.52. The number of halogens is 1. The number of nitrogens with zero attached hydrogens (tertiary/aromatic N) is 1. The normalized spacial score (nSPS) is 21.9. The summed E-state index contributed by atoms with van der Waals surface area (Å²) in [5.74, 6) is 0.734. The SMILES string of the molecule is CC(C)CN1CC2(C1)OCc1cc(Br)ccc12. The first kappa shape index (κ1) is 11.7. The van der Waals surface area contributed by atoms with Gasteiger partial charge in [-0.05, 0) is 29.2 Å². The molecule has 17 heavy (non-hydrogen) atoms. The zero-order valence-electron chi connectivity index (χ0n) is 10.4. The molecule has 1 fully saturated rings. The van der Waals surface area contributed by atoms with Gasteiger partial charge in [0.2, 0.25) is 0 Å². The largest absolute Gasteiger partial charge is 0.363 e. The van der Waals surface area contributed by atoms with E-state index in [0.29, 0.717) is 0 Å². The number of hydrogen-bond acceptors (Lipinski definition) is 2. The number of rotatable bonds is 2. The molecule has 0 aromatic heterocycles. The van der Waals surface area contributed by atoms with Crippen molar-refractivity contribution in [1.29, 1.82) is 0 Å². The predicted octanol–water partition coefficient (Wildman–Crippen LogP) is 3.15. The van der Waals surface area contributed by atoms with Gasteiger partial charge in [0.25, 0.3) is 0 Å². The minimum atomic E-state index is 0.00488. The molecule has 3 rings (SSSR count). The number of likely N-dealkylation sites (tertiary alicyclic amines) is 1. The highest BCUT2D eigenvalue weighted by atomic mass is 79.9. The molecule has 0 amide bonds. The smallest absolute Gasteiger partial charge is 0.119 e. The van der Waals surface area contributed by atoms with E-state index in [0.717, 1.165) is 30.1 Å². The molecule has 1 saturated heterocycles. The third kappa shape index (κ3) is 1.94. The Bertz CT molecular complexity index is 438. The van der Waals surface area contributed by atoms with Gasteiger partial charge in [-0.25, -0.2) is 0 Å². The topological polar surface area (TPSA) is 12.5 Å². The summed E-state index contributed by atoms with van der Waals surface area (Å²) in [6, 6.07) is 6.54. The lowest BCUT2D eigenvalue weighted by Gasteiger charge is -2.48. The maximum Gasteiger partial charge on any atom is 0.119 e. The van der Waals surface area contributed by atoms with E-state index in [1.54, 1.807) is 0 Å². The Kier molecular flexibility index (Phi) is 2.80. The van der Waals surface area contributed by atoms with Crippen LogP contribution >= 0.6 is 15.9 Å². The zero-order valence-corrected chi connectivity index (χ0v) is 12.0. The molecule has 0 radical (unpaired) electrons. The van der Waals surface area contributed by atoms with Crippen molar-refractivity contribution in [2.24, 2.45) is 5.92 Å². The molecule has 1 aromatic rings. The van der Waals surface area contributed by atoms with Gasteiger partial charge >= 0.3 is 0 Å². The number of hydrogen-bond donors (Lipinski definition) is 0. The van der Waals surface area contributed by atoms with Crippen LogP contribution in [0.5, 0.6) is 0 Å². The van der Waals surface area contributed by atoms with E-state index < -0.39 is 0 Å². The molecule has 3 heteroatoms. The van der Waals surface area contributed by atoms with Crippen LogP contribution in [-0.4, -0.2) is 24.5 Å². The van der Waals surface area contributed by atoms with E-state index in [1.807, 2.05) is 0 Å². The molecule has 2 heterocycles. The quantitative estimate of drug-likeness (QED) is 0.831. The third-order valence-corrected chi connectivity index (χ3v) is 4.14. The molecule has 0 bridgehead atoms. The molecule has 0 atom stereocenters. The van der Waals surface area contributed by atoms with Crippen molar-refractivity contribution in [3.63, 3.8) is 0 Å². The van der Waals surface area contributed by atoms with Crippen LogP contribution in [0.1, 0.15) is 25.0 Å². The third-order valence-electron chi connectivity index (χ3n) is 3.64. The van der Waals surface area contributed by atoms with E-state index in [2.05, 4.69) is 52.9 Å². The number of ether oxygens (including phenoxy) is 1. The van der Waals surface area contributed by atoms with E-state index in [1.165, 1.54) is 17.7 Å². The highest BCUT2D eigenvalue weighted by Crippen LogP contribution is 2.44. The van der Waals surface area contributed by atoms with Crippen molar-refractivity contribution in [3.8, 4) is 0 Å². The van der Waals surface area contributed by atoms with E-state index in [4.69, 9.17) is 4.74 Å². The molecule has 2 nitrogen and oxygen atoms in total. The second kappa shape index (κ2) is 4.08. The predicted molar refractivity (Wildman–Crippen MR) is 71.9 cm³/mol. The van der Waals surface area contributed by atoms with Crippen molar-refractivity contribution in [2.75, 3.05) is 19.6 Å². The first-order valence-electron chi connectivity index (χ1n) is 6.24. The fraction of sp³-hybridized carbons (Fsp3) is 0.571. The zero-order chi connectivity index (χ0) is 12.0. The van der Waals surface area contributed by atoms with Crippen LogP contribution in [0.25, 0.3) is 0 Å². The summed E-state index contributed by atoms with van der Waals surface area (Å²) in [5, 5.41) is 0. The Labute approximate surface area is 111 Å². The first-order valence-corrected chi connectivity index (χ1v) is 7.04. The molecular weight excluding hydrogens is 278 g/mol. The summed E-state index contributed by atoms with van der Waals surface area (Å²) in [6.07, 6.45) is 0. The molecule has 0 saturated carbocycles. The van der Waals surface area contributed by atoms with Gasteiger partial charge in [-0.2, -0.15) is 0 Å². The average Bonchev–Trinajstić information content (AvgIpc) is 2.55. The second-order valence-corrected chi connectivity index (χ2v) is 6.56. The van der Waals surface area contributed by atoms with Gasteiger partial charge in [0.15, 0.2) is 0 Å². The van der Waals surface area contributed by atoms with Crippen molar-refractivity contribution in [1.82, 2.24) is 4.90 Å². The molecule has 1 spiro atoms. The van der Waals surface area contributed by atoms with E-state index in [-0.39, 0.29) is 5.60 Å². The Hall–Kier alpha value is -0.380. The van der Waals surface area contributed by atoms with Crippen LogP contribution in [-0.2, 0) is 16.9 Å². The van der Waals surface area contributed by atoms with Crippen LogP contribution < -0.4 is 0 Å². The summed E-state index contributed by atoms with van der Waals surface area (Å²) in [7, 11) is 0. The fourth-order valence-corrected chi connectivity index (χ4v) is 3.41. The van der Waals surface area contributed by atoms with Crippen molar-refractivity contribution in [3.05, 3.63) is 33.8 Å². The van der Waals surface area contributed by atoms with Gasteiger partial charge in [-0.3, -0.25) is 4.90 Å². The van der Waals surface area contributed by atoms with Crippen LogP contribution in [0.15, 0.2) is 22.7 Å². The van der Waals surface area contributed by atoms with Crippen LogP contribution in [0.3, 0.4) is 0 Å². The summed E-state index contributed by atoms with van der Waals surface area (Å²) in [4.78, 5) is 2.49. The van der Waals surface area contributed by atoms with Crippen LogP contribution in [0, 0.1) is 5.92 Å². The van der Waals surface area contributed by atoms with Crippen molar-refractivity contribution in [2.45, 2.75) is 26.1 Å². The molecule has 0 unspecified atom stereocenters. The minimum Gasteiger partial charge on any atom is -0.363 e. The summed E-state index contributed by atoms with van der Waals surface area (Å²) in [6.45, 7) is 8.60. The molecule has 92 valence electrons. The molecule has 0 N–H and O–H groups in total. The maximum atomic E-state index is 6.05. The molecule has 0 aliphatic carbocycles. The monoisotopic (exact) mass is 295 g/mol. The standard InChI is InChI=1S/C14H18BrNO/c1-10(2)6-16-8-14(9-16)13-4-3-12(15)5-11(13)7-17-14/h3-5,10H,6-9H2,1-2H3. The van der Waals surface area contributed by atoms with Gasteiger partial charge in [0.05, 0.1) is 6.61 Å². The lowest BCUT2D eigenvalue weighted by molar-refractivity contribution is -0.144. The van der Waals surface area contributed by atoms with E-state index >= 15 is 0 Å². The van der Waals surface area contributed by atoms with Gasteiger partial charge in [-0.1, -0.05) is 35.8 Å². The highest BCUT2D eigenvalue weighted by Gasteiger charge is 2.49. The Morgan fingerprint density at radius 2 is 2.18 bits per heavy atom. The number of fused-ring (bicyclic) bond motifs is 2. The summed E-state index contributed by atoms with van der Waals surface area (Å²) in [5.41, 5.74) is 2.76.